The van der Waals surface area contributed by atoms with E-state index in [9.17, 15) is 0 Å². The zero-order chi connectivity index (χ0) is 8.39. The number of hydrogen-bond acceptors (Lipinski definition) is 0. The highest BCUT2D eigenvalue weighted by Crippen LogP contribution is 2.38. The highest BCUT2D eigenvalue weighted by Gasteiger charge is 2.24. The first-order valence-electron chi connectivity index (χ1n) is 4.93. The molecular formula is C14H24. The molecular weight excluding hydrogens is 168 g/mol. The highest BCUT2D eigenvalue weighted by molar-refractivity contribution is 5.20. The monoisotopic (exact) mass is 192 g/mol. The fourth-order valence-electron chi connectivity index (χ4n) is 2.34. The van der Waals surface area contributed by atoms with Gasteiger partial charge in [-0.15, -0.1) is 0 Å². The third-order valence-electron chi connectivity index (χ3n) is 3.09. The standard InChI is InChI=1S/C12H16.2CH4/c1-10-6-5-9-12(10)11-7-3-2-4-8-11;;/h2-4,7-8,10,12H,5-6,9H2,1H3;2*1H4. The summed E-state index contributed by atoms with van der Waals surface area (Å²) in [7, 11) is 0. The molecule has 1 aliphatic carbocycles. The van der Waals surface area contributed by atoms with Crippen LogP contribution in [-0.4, -0.2) is 0 Å². The van der Waals surface area contributed by atoms with E-state index >= 15 is 0 Å². The van der Waals surface area contributed by atoms with E-state index in [1.54, 1.807) is 5.56 Å². The minimum Gasteiger partial charge on any atom is -0.0776 e. The molecule has 0 radical (unpaired) electrons. The Morgan fingerprint density at radius 1 is 1.00 bits per heavy atom. The maximum Gasteiger partial charge on any atom is -0.0136 e. The molecule has 0 spiro atoms. The van der Waals surface area contributed by atoms with Crippen LogP contribution in [0, 0.1) is 5.92 Å². The summed E-state index contributed by atoms with van der Waals surface area (Å²) in [4.78, 5) is 0. The molecule has 2 unspecified atom stereocenters. The van der Waals surface area contributed by atoms with Gasteiger partial charge in [0.25, 0.3) is 0 Å². The Morgan fingerprint density at radius 2 is 1.64 bits per heavy atom. The average molecular weight is 192 g/mol. The molecule has 1 aromatic rings. The Labute approximate surface area is 89.4 Å². The first kappa shape index (κ1) is 13.2. The lowest BCUT2D eigenvalue weighted by atomic mass is 9.90. The molecule has 0 heterocycles. The van der Waals surface area contributed by atoms with E-state index in [-0.39, 0.29) is 14.9 Å². The van der Waals surface area contributed by atoms with E-state index in [4.69, 9.17) is 0 Å². The van der Waals surface area contributed by atoms with E-state index in [1.807, 2.05) is 0 Å². The Morgan fingerprint density at radius 3 is 2.14 bits per heavy atom. The molecule has 0 N–H and O–H groups in total. The van der Waals surface area contributed by atoms with Gasteiger partial charge in [0.05, 0.1) is 0 Å². The van der Waals surface area contributed by atoms with Gasteiger partial charge in [0.2, 0.25) is 0 Å². The topological polar surface area (TPSA) is 0 Å². The zero-order valence-corrected chi connectivity index (χ0v) is 7.66. The van der Waals surface area contributed by atoms with Gasteiger partial charge in [-0.2, -0.15) is 0 Å². The summed E-state index contributed by atoms with van der Waals surface area (Å²) in [5.74, 6) is 1.73. The van der Waals surface area contributed by atoms with Gasteiger partial charge in [-0.3, -0.25) is 0 Å². The second-order valence-corrected chi connectivity index (χ2v) is 3.93. The largest absolute Gasteiger partial charge is 0.0776 e. The summed E-state index contributed by atoms with van der Waals surface area (Å²) in [6, 6.07) is 10.9. The molecule has 2 rings (SSSR count). The van der Waals surface area contributed by atoms with Crippen molar-refractivity contribution >= 4 is 0 Å². The lowest BCUT2D eigenvalue weighted by molar-refractivity contribution is 0.533. The zero-order valence-electron chi connectivity index (χ0n) is 7.66. The van der Waals surface area contributed by atoms with Crippen molar-refractivity contribution in [1.29, 1.82) is 0 Å². The molecule has 0 heteroatoms. The van der Waals surface area contributed by atoms with Crippen LogP contribution in [0.15, 0.2) is 30.3 Å². The quantitative estimate of drug-likeness (QED) is 0.596. The first-order chi connectivity index (χ1) is 5.88. The van der Waals surface area contributed by atoms with Crippen molar-refractivity contribution in [3.05, 3.63) is 35.9 Å². The molecule has 0 aromatic heterocycles. The predicted molar refractivity (Wildman–Crippen MR) is 65.7 cm³/mol. The van der Waals surface area contributed by atoms with E-state index in [2.05, 4.69) is 37.3 Å². The highest BCUT2D eigenvalue weighted by atomic mass is 14.3. The van der Waals surface area contributed by atoms with Gasteiger partial charge in [0, 0.05) is 0 Å². The number of rotatable bonds is 1. The summed E-state index contributed by atoms with van der Waals surface area (Å²) in [5, 5.41) is 0. The molecule has 0 aliphatic heterocycles. The maximum atomic E-state index is 2.38. The van der Waals surface area contributed by atoms with Crippen molar-refractivity contribution in [1.82, 2.24) is 0 Å². The second-order valence-electron chi connectivity index (χ2n) is 3.93. The predicted octanol–water partition coefficient (Wildman–Crippen LogP) is 4.86. The van der Waals surface area contributed by atoms with Gasteiger partial charge >= 0.3 is 0 Å². The van der Waals surface area contributed by atoms with E-state index in [1.165, 1.54) is 19.3 Å². The lowest BCUT2D eigenvalue weighted by Gasteiger charge is -2.14. The Balaban J connectivity index is 0.000000845. The SMILES string of the molecule is C.C.CC1CCCC1c1ccccc1. The van der Waals surface area contributed by atoms with Crippen LogP contribution < -0.4 is 0 Å². The Hall–Kier alpha value is -0.780. The van der Waals surface area contributed by atoms with Crippen LogP contribution in [-0.2, 0) is 0 Å². The van der Waals surface area contributed by atoms with Crippen molar-refractivity contribution in [2.75, 3.05) is 0 Å². The third-order valence-corrected chi connectivity index (χ3v) is 3.09. The van der Waals surface area contributed by atoms with Crippen molar-refractivity contribution in [2.45, 2.75) is 47.0 Å². The van der Waals surface area contributed by atoms with Gasteiger partial charge in [-0.05, 0) is 23.8 Å². The second kappa shape index (κ2) is 5.85. The van der Waals surface area contributed by atoms with Crippen molar-refractivity contribution < 1.29 is 0 Å². The van der Waals surface area contributed by atoms with Gasteiger partial charge in [-0.25, -0.2) is 0 Å². The van der Waals surface area contributed by atoms with E-state index < -0.39 is 0 Å². The normalized spacial score (nSPS) is 24.9. The molecule has 1 fully saturated rings. The van der Waals surface area contributed by atoms with Gasteiger partial charge < -0.3 is 0 Å². The molecule has 0 amide bonds. The van der Waals surface area contributed by atoms with Crippen LogP contribution in [0.3, 0.4) is 0 Å². The molecule has 0 saturated heterocycles. The summed E-state index contributed by atoms with van der Waals surface area (Å²) >= 11 is 0. The summed E-state index contributed by atoms with van der Waals surface area (Å²) in [5.41, 5.74) is 1.54. The van der Waals surface area contributed by atoms with E-state index in [0.717, 1.165) is 11.8 Å². The summed E-state index contributed by atoms with van der Waals surface area (Å²) in [6.45, 7) is 2.38. The molecule has 1 saturated carbocycles. The van der Waals surface area contributed by atoms with Crippen molar-refractivity contribution in [3.8, 4) is 0 Å². The summed E-state index contributed by atoms with van der Waals surface area (Å²) in [6.07, 6.45) is 4.23. The van der Waals surface area contributed by atoms with Crippen LogP contribution in [0.5, 0.6) is 0 Å². The molecule has 80 valence electrons. The van der Waals surface area contributed by atoms with Crippen LogP contribution in [0.2, 0.25) is 0 Å². The summed E-state index contributed by atoms with van der Waals surface area (Å²) < 4.78 is 0. The fraction of sp³-hybridized carbons (Fsp3) is 0.571. The molecule has 1 aromatic carbocycles. The molecule has 0 nitrogen and oxygen atoms in total. The van der Waals surface area contributed by atoms with Crippen LogP contribution in [0.25, 0.3) is 0 Å². The molecule has 0 bridgehead atoms. The first-order valence-corrected chi connectivity index (χ1v) is 4.93. The number of hydrogen-bond donors (Lipinski definition) is 0. The molecule has 14 heavy (non-hydrogen) atoms. The van der Waals surface area contributed by atoms with Crippen LogP contribution in [0.1, 0.15) is 52.5 Å². The minimum atomic E-state index is 0. The Kier molecular flexibility index (Phi) is 5.52. The maximum absolute atomic E-state index is 2.38. The molecule has 1 aliphatic rings. The smallest absolute Gasteiger partial charge is 0.0136 e. The minimum absolute atomic E-state index is 0. The van der Waals surface area contributed by atoms with Gasteiger partial charge in [-0.1, -0.05) is 65.0 Å². The lowest BCUT2D eigenvalue weighted by Crippen LogP contribution is -2.00. The Bertz CT molecular complexity index is 237. The van der Waals surface area contributed by atoms with Gasteiger partial charge in [0.15, 0.2) is 0 Å². The molecule has 2 atom stereocenters. The third kappa shape index (κ3) is 2.60. The van der Waals surface area contributed by atoms with Crippen molar-refractivity contribution in [2.24, 2.45) is 5.92 Å². The van der Waals surface area contributed by atoms with E-state index in [0.29, 0.717) is 0 Å². The van der Waals surface area contributed by atoms with Gasteiger partial charge in [0.1, 0.15) is 0 Å². The number of benzene rings is 1. The van der Waals surface area contributed by atoms with Crippen LogP contribution >= 0.6 is 0 Å². The average Bonchev–Trinajstić information content (AvgIpc) is 2.53. The fourth-order valence-corrected chi connectivity index (χ4v) is 2.34. The van der Waals surface area contributed by atoms with Crippen molar-refractivity contribution in [3.63, 3.8) is 0 Å². The van der Waals surface area contributed by atoms with Crippen LogP contribution in [0.4, 0.5) is 0 Å².